The molecule has 0 aliphatic rings. The van der Waals surface area contributed by atoms with Crippen molar-refractivity contribution in [1.82, 2.24) is 0 Å². The van der Waals surface area contributed by atoms with Gasteiger partial charge in [-0.15, -0.1) is 0 Å². The molecule has 0 bridgehead atoms. The molecule has 0 N–H and O–H groups in total. The lowest BCUT2D eigenvalue weighted by molar-refractivity contribution is 0.562. The quantitative estimate of drug-likeness (QED) is 0.0442. The maximum atomic E-state index is 2.39. The van der Waals surface area contributed by atoms with Gasteiger partial charge in [0, 0.05) is 7.26 Å². The van der Waals surface area contributed by atoms with Crippen molar-refractivity contribution in [3.05, 3.63) is 89.5 Å². The first-order chi connectivity index (χ1) is 24.8. The molecule has 0 amide bonds. The lowest BCUT2D eigenvalue weighted by atomic mass is 9.14. The van der Waals surface area contributed by atoms with Crippen LogP contribution in [0.15, 0.2) is 72.8 Å². The van der Waals surface area contributed by atoms with Gasteiger partial charge in [-0.3, -0.25) is 0 Å². The predicted octanol–water partition coefficient (Wildman–Crippen LogP) is 14.2. The summed E-state index contributed by atoms with van der Waals surface area (Å²) < 4.78 is 0. The maximum Gasteiger partial charge on any atom is 0.0814 e. The first-order valence-corrected chi connectivity index (χ1v) is 24.6. The molecule has 0 spiro atoms. The van der Waals surface area contributed by atoms with Crippen molar-refractivity contribution in [2.45, 2.75) is 177 Å². The molecule has 0 fully saturated rings. The Balaban J connectivity index is 0.000000449. The van der Waals surface area contributed by atoms with Crippen molar-refractivity contribution in [2.24, 2.45) is 0 Å². The molecule has 0 radical (unpaired) electrons. The lowest BCUT2D eigenvalue weighted by Gasteiger charge is -2.43. The highest BCUT2D eigenvalue weighted by molar-refractivity contribution is 7.75. The minimum Gasteiger partial charge on any atom is -0.200 e. The van der Waals surface area contributed by atoms with Crippen molar-refractivity contribution < 1.29 is 0 Å². The normalized spacial score (nSPS) is 11.8. The van der Waals surface area contributed by atoms with Gasteiger partial charge < -0.3 is 0 Å². The molecule has 3 aromatic carbocycles. The second-order valence-corrected chi connectivity index (χ2v) is 20.9. The average Bonchev–Trinajstić information content (AvgIpc) is 3.15. The van der Waals surface area contributed by atoms with E-state index in [9.17, 15) is 0 Å². The summed E-state index contributed by atoms with van der Waals surface area (Å²) in [4.78, 5) is 0. The summed E-state index contributed by atoms with van der Waals surface area (Å²) in [7, 11) is -0.562. The van der Waals surface area contributed by atoms with Crippen LogP contribution in [0.3, 0.4) is 0 Å². The topological polar surface area (TPSA) is 0 Å². The van der Waals surface area contributed by atoms with E-state index in [0.29, 0.717) is 0 Å². The largest absolute Gasteiger partial charge is 0.200 e. The molecule has 0 aliphatic carbocycles. The summed E-state index contributed by atoms with van der Waals surface area (Å²) in [6, 6.07) is 28.2. The predicted molar refractivity (Wildman–Crippen MR) is 241 cm³/mol. The van der Waals surface area contributed by atoms with Crippen molar-refractivity contribution in [3.63, 3.8) is 0 Å². The van der Waals surface area contributed by atoms with E-state index in [0.717, 1.165) is 0 Å². The molecule has 3 rings (SSSR count). The van der Waals surface area contributed by atoms with Crippen LogP contribution < -0.4 is 16.4 Å². The Hall–Kier alpha value is -1.85. The van der Waals surface area contributed by atoms with Gasteiger partial charge in [0.15, 0.2) is 0 Å². The van der Waals surface area contributed by atoms with Crippen LogP contribution in [0.1, 0.15) is 167 Å². The molecule has 0 nitrogen and oxygen atoms in total. The summed E-state index contributed by atoms with van der Waals surface area (Å²) in [6.07, 6.45) is 32.0. The molecule has 0 saturated carbocycles. The molecule has 3 aromatic rings. The fourth-order valence-corrected chi connectivity index (χ4v) is 13.6. The van der Waals surface area contributed by atoms with Gasteiger partial charge in [-0.05, 0) is 46.5 Å². The Morgan fingerprint density at radius 3 is 0.863 bits per heavy atom. The molecule has 0 heterocycles. The molecule has 2 heteroatoms. The summed E-state index contributed by atoms with van der Waals surface area (Å²) in [5.41, 5.74) is 8.44. The standard InChI is InChI=1S/C33H46B.C16H36P/c1-5-6-7-8-9-10-11-12-13-14-27-34(31-21-15-28(2)16-22-31,32-23-17-29(3)18-24-32)33-25-19-30(4)20-26-33;1-5-9-13-17(14-10-6-2,15-11-7-3)16-12-8-4/h15-26H,5-14,27H2,1-4H3;5-16H2,1-4H3/q-1;+1. The number of benzene rings is 3. The minimum atomic E-state index is -0.993. The molecule has 0 atom stereocenters. The second kappa shape index (κ2) is 26.8. The van der Waals surface area contributed by atoms with E-state index < -0.39 is 13.4 Å². The first-order valence-electron chi connectivity index (χ1n) is 22.0. The number of aryl methyl sites for hydroxylation is 3. The minimum absolute atomic E-state index is 0.562. The van der Waals surface area contributed by atoms with Crippen LogP contribution >= 0.6 is 7.26 Å². The van der Waals surface area contributed by atoms with Gasteiger partial charge in [0.05, 0.1) is 30.8 Å². The maximum absolute atomic E-state index is 2.39. The van der Waals surface area contributed by atoms with Gasteiger partial charge in [0.1, 0.15) is 0 Å². The third kappa shape index (κ3) is 16.4. The van der Waals surface area contributed by atoms with Crippen LogP contribution in [0.5, 0.6) is 0 Å². The highest BCUT2D eigenvalue weighted by Crippen LogP contribution is 2.61. The van der Waals surface area contributed by atoms with Gasteiger partial charge in [0.25, 0.3) is 0 Å². The molecule has 0 saturated heterocycles. The van der Waals surface area contributed by atoms with E-state index in [1.165, 1.54) is 155 Å². The smallest absolute Gasteiger partial charge is 0.0814 e. The number of unbranched alkanes of at least 4 members (excludes halogenated alkanes) is 13. The third-order valence-electron chi connectivity index (χ3n) is 11.9. The van der Waals surface area contributed by atoms with E-state index in [1.54, 1.807) is 24.6 Å². The van der Waals surface area contributed by atoms with Gasteiger partial charge in [-0.25, -0.2) is 0 Å². The fourth-order valence-electron chi connectivity index (χ4n) is 8.35. The summed E-state index contributed by atoms with van der Waals surface area (Å²) in [6.45, 7) is 18.3. The van der Waals surface area contributed by atoms with Gasteiger partial charge in [-0.2, -0.15) is 22.7 Å². The van der Waals surface area contributed by atoms with Crippen molar-refractivity contribution in [1.29, 1.82) is 0 Å². The first kappa shape index (κ1) is 45.3. The molecule has 286 valence electrons. The van der Waals surface area contributed by atoms with Crippen LogP contribution in [-0.4, -0.2) is 30.8 Å². The number of rotatable bonds is 26. The van der Waals surface area contributed by atoms with E-state index in [-0.39, 0.29) is 0 Å². The number of hydrogen-bond acceptors (Lipinski definition) is 0. The molecular weight excluding hydrogens is 630 g/mol. The van der Waals surface area contributed by atoms with Crippen molar-refractivity contribution in [3.8, 4) is 0 Å². The van der Waals surface area contributed by atoms with Crippen molar-refractivity contribution in [2.75, 3.05) is 24.6 Å². The van der Waals surface area contributed by atoms with Crippen LogP contribution in [-0.2, 0) is 0 Å². The zero-order valence-corrected chi connectivity index (χ0v) is 36.1. The number of hydrogen-bond donors (Lipinski definition) is 0. The van der Waals surface area contributed by atoms with Gasteiger partial charge in [0.2, 0.25) is 0 Å². The zero-order chi connectivity index (χ0) is 37.2. The fraction of sp³-hybridized carbons (Fsp3) is 0.633. The van der Waals surface area contributed by atoms with Crippen LogP contribution in [0.25, 0.3) is 0 Å². The molecule has 51 heavy (non-hydrogen) atoms. The molecular formula is C49H82BP. The van der Waals surface area contributed by atoms with Crippen LogP contribution in [0.4, 0.5) is 0 Å². The van der Waals surface area contributed by atoms with Gasteiger partial charge in [-0.1, -0.05) is 214 Å². The third-order valence-corrected chi connectivity index (χ3v) is 16.9. The summed E-state index contributed by atoms with van der Waals surface area (Å²) >= 11 is 0. The second-order valence-electron chi connectivity index (χ2n) is 16.4. The monoisotopic (exact) mass is 713 g/mol. The molecule has 0 aromatic heterocycles. The highest BCUT2D eigenvalue weighted by Gasteiger charge is 2.34. The highest BCUT2D eigenvalue weighted by atomic mass is 31.2. The zero-order valence-electron chi connectivity index (χ0n) is 35.2. The Labute approximate surface area is 320 Å². The van der Waals surface area contributed by atoms with E-state index >= 15 is 0 Å². The van der Waals surface area contributed by atoms with Crippen LogP contribution in [0, 0.1) is 20.8 Å². The van der Waals surface area contributed by atoms with Crippen LogP contribution in [0.2, 0.25) is 6.32 Å². The molecule has 0 unspecified atom stereocenters. The lowest BCUT2D eigenvalue weighted by Crippen LogP contribution is -2.67. The Bertz CT molecular complexity index is 1090. The summed E-state index contributed by atoms with van der Waals surface area (Å²) in [5, 5.41) is 0. The Kier molecular flexibility index (Phi) is 23.9. The molecule has 0 aliphatic heterocycles. The van der Waals surface area contributed by atoms with Crippen molar-refractivity contribution >= 4 is 29.8 Å². The Morgan fingerprint density at radius 2 is 0.588 bits per heavy atom. The van der Waals surface area contributed by atoms with Gasteiger partial charge >= 0.3 is 0 Å². The van der Waals surface area contributed by atoms with E-state index in [4.69, 9.17) is 0 Å². The summed E-state index contributed by atoms with van der Waals surface area (Å²) in [5.74, 6) is 0. The SMILES string of the molecule is CCCCCCCCCCCC[B-](c1ccc(C)cc1)(c1ccc(C)cc1)c1ccc(C)cc1.CCCC[P+](CCCC)(CCCC)CCCC. The van der Waals surface area contributed by atoms with E-state index in [2.05, 4.69) is 128 Å². The average molecular weight is 713 g/mol. The Morgan fingerprint density at radius 1 is 0.333 bits per heavy atom. The van der Waals surface area contributed by atoms with E-state index in [1.807, 2.05) is 0 Å².